The van der Waals surface area contributed by atoms with Crippen LogP contribution in [0.25, 0.3) is 0 Å². The number of carbonyl (C=O) groups is 2. The van der Waals surface area contributed by atoms with Crippen molar-refractivity contribution in [3.8, 4) is 0 Å². The predicted molar refractivity (Wildman–Crippen MR) is 80.7 cm³/mol. The highest BCUT2D eigenvalue weighted by atomic mass is 16.2. The van der Waals surface area contributed by atoms with Crippen molar-refractivity contribution in [2.24, 2.45) is 5.92 Å². The van der Waals surface area contributed by atoms with E-state index in [2.05, 4.69) is 9.97 Å². The van der Waals surface area contributed by atoms with Gasteiger partial charge in [0.1, 0.15) is 0 Å². The van der Waals surface area contributed by atoms with Gasteiger partial charge in [-0.2, -0.15) is 0 Å². The first kappa shape index (κ1) is 14.9. The molecule has 6 heteroatoms. The molecular formula is C16H22N4O2. The first-order valence-electron chi connectivity index (χ1n) is 7.87. The van der Waals surface area contributed by atoms with Gasteiger partial charge in [-0.15, -0.1) is 0 Å². The Kier molecular flexibility index (Phi) is 3.85. The van der Waals surface area contributed by atoms with Crippen molar-refractivity contribution in [2.45, 2.75) is 37.6 Å². The van der Waals surface area contributed by atoms with Gasteiger partial charge < -0.3 is 9.80 Å². The highest BCUT2D eigenvalue weighted by molar-refractivity contribution is 5.93. The number of amides is 2. The zero-order valence-electron chi connectivity index (χ0n) is 13.2. The van der Waals surface area contributed by atoms with Crippen LogP contribution in [0.5, 0.6) is 0 Å². The van der Waals surface area contributed by atoms with Crippen molar-refractivity contribution >= 4 is 11.8 Å². The molecule has 118 valence electrons. The Labute approximate surface area is 130 Å². The van der Waals surface area contributed by atoms with Crippen LogP contribution >= 0.6 is 0 Å². The average Bonchev–Trinajstić information content (AvgIpc) is 2.91. The van der Waals surface area contributed by atoms with E-state index in [9.17, 15) is 9.59 Å². The number of hydrogen-bond acceptors (Lipinski definition) is 4. The van der Waals surface area contributed by atoms with E-state index in [-0.39, 0.29) is 17.7 Å². The molecule has 3 rings (SSSR count). The van der Waals surface area contributed by atoms with Crippen LogP contribution in [0.1, 0.15) is 37.8 Å². The molecule has 0 aromatic carbocycles. The second kappa shape index (κ2) is 5.66. The van der Waals surface area contributed by atoms with Gasteiger partial charge in [-0.05, 0) is 25.7 Å². The molecule has 2 fully saturated rings. The fraction of sp³-hybridized carbons (Fsp3) is 0.625. The SMILES string of the molecule is CN(C)C(=O)C1(c2cnccn2)CCCN1C(=O)C1CCC1. The number of aromatic nitrogens is 2. The molecule has 2 heterocycles. The minimum Gasteiger partial charge on any atom is -0.346 e. The Morgan fingerprint density at radius 3 is 2.59 bits per heavy atom. The molecule has 0 spiro atoms. The number of likely N-dealkylation sites (tertiary alicyclic amines) is 1. The molecule has 1 saturated carbocycles. The summed E-state index contributed by atoms with van der Waals surface area (Å²) in [6.45, 7) is 0.617. The van der Waals surface area contributed by atoms with Gasteiger partial charge in [-0.25, -0.2) is 0 Å². The van der Waals surface area contributed by atoms with Crippen LogP contribution in [0, 0.1) is 5.92 Å². The minimum atomic E-state index is -0.982. The van der Waals surface area contributed by atoms with Crippen LogP contribution in [0.2, 0.25) is 0 Å². The smallest absolute Gasteiger partial charge is 0.254 e. The Bertz CT molecular complexity index is 571. The van der Waals surface area contributed by atoms with Gasteiger partial charge in [-0.3, -0.25) is 19.6 Å². The fourth-order valence-corrected chi connectivity index (χ4v) is 3.47. The molecule has 1 aromatic rings. The summed E-state index contributed by atoms with van der Waals surface area (Å²) in [4.78, 5) is 37.6. The van der Waals surface area contributed by atoms with Crippen molar-refractivity contribution in [3.05, 3.63) is 24.3 Å². The molecule has 0 N–H and O–H groups in total. The van der Waals surface area contributed by atoms with Crippen LogP contribution in [-0.2, 0) is 15.1 Å². The van der Waals surface area contributed by atoms with Gasteiger partial charge in [-0.1, -0.05) is 6.42 Å². The van der Waals surface area contributed by atoms with Gasteiger partial charge in [0.25, 0.3) is 5.91 Å². The van der Waals surface area contributed by atoms with Gasteiger partial charge >= 0.3 is 0 Å². The van der Waals surface area contributed by atoms with E-state index in [1.165, 1.54) is 0 Å². The summed E-state index contributed by atoms with van der Waals surface area (Å²) in [7, 11) is 3.45. The highest BCUT2D eigenvalue weighted by Gasteiger charge is 2.54. The van der Waals surface area contributed by atoms with E-state index in [0.29, 0.717) is 18.7 Å². The van der Waals surface area contributed by atoms with E-state index in [0.717, 1.165) is 25.7 Å². The molecule has 1 aliphatic carbocycles. The maximum Gasteiger partial charge on any atom is 0.254 e. The second-order valence-corrected chi connectivity index (χ2v) is 6.37. The molecule has 1 aliphatic heterocycles. The first-order valence-corrected chi connectivity index (χ1v) is 7.87. The molecule has 22 heavy (non-hydrogen) atoms. The lowest BCUT2D eigenvalue weighted by atomic mass is 9.82. The Morgan fingerprint density at radius 2 is 2.05 bits per heavy atom. The third-order valence-corrected chi connectivity index (χ3v) is 4.85. The predicted octanol–water partition coefficient (Wildman–Crippen LogP) is 1.18. The van der Waals surface area contributed by atoms with E-state index in [4.69, 9.17) is 0 Å². The number of nitrogens with zero attached hydrogens (tertiary/aromatic N) is 4. The molecule has 0 radical (unpaired) electrons. The molecule has 0 bridgehead atoms. The molecule has 2 aliphatic rings. The summed E-state index contributed by atoms with van der Waals surface area (Å²) in [6, 6.07) is 0. The molecule has 6 nitrogen and oxygen atoms in total. The van der Waals surface area contributed by atoms with Crippen molar-refractivity contribution in [1.82, 2.24) is 19.8 Å². The fourth-order valence-electron chi connectivity index (χ4n) is 3.47. The molecule has 2 amide bonds. The molecular weight excluding hydrogens is 280 g/mol. The van der Waals surface area contributed by atoms with E-state index in [1.54, 1.807) is 42.5 Å². The minimum absolute atomic E-state index is 0.0732. The van der Waals surface area contributed by atoms with Crippen LogP contribution in [-0.4, -0.2) is 52.2 Å². The lowest BCUT2D eigenvalue weighted by Crippen LogP contribution is -2.56. The summed E-state index contributed by atoms with van der Waals surface area (Å²) in [5.74, 6) is 0.0897. The van der Waals surface area contributed by atoms with Crippen LogP contribution < -0.4 is 0 Å². The van der Waals surface area contributed by atoms with E-state index < -0.39 is 5.54 Å². The number of likely N-dealkylation sites (N-methyl/N-ethyl adjacent to an activating group) is 1. The quantitative estimate of drug-likeness (QED) is 0.841. The summed E-state index contributed by atoms with van der Waals surface area (Å²) in [5, 5.41) is 0. The summed E-state index contributed by atoms with van der Waals surface area (Å²) < 4.78 is 0. The number of hydrogen-bond donors (Lipinski definition) is 0. The average molecular weight is 302 g/mol. The maximum atomic E-state index is 13.0. The van der Waals surface area contributed by atoms with Gasteiger partial charge in [0.05, 0.1) is 11.9 Å². The lowest BCUT2D eigenvalue weighted by molar-refractivity contribution is -0.154. The van der Waals surface area contributed by atoms with Gasteiger partial charge in [0.2, 0.25) is 5.91 Å². The van der Waals surface area contributed by atoms with Crippen LogP contribution in [0.3, 0.4) is 0 Å². The van der Waals surface area contributed by atoms with Crippen LogP contribution in [0.4, 0.5) is 0 Å². The van der Waals surface area contributed by atoms with Crippen LogP contribution in [0.15, 0.2) is 18.6 Å². The Balaban J connectivity index is 2.04. The first-order chi connectivity index (χ1) is 10.6. The molecule has 1 saturated heterocycles. The van der Waals surface area contributed by atoms with Crippen molar-refractivity contribution < 1.29 is 9.59 Å². The van der Waals surface area contributed by atoms with E-state index in [1.807, 2.05) is 0 Å². The van der Waals surface area contributed by atoms with Crippen molar-refractivity contribution in [1.29, 1.82) is 0 Å². The Morgan fingerprint density at radius 1 is 1.27 bits per heavy atom. The topological polar surface area (TPSA) is 66.4 Å². The lowest BCUT2D eigenvalue weighted by Gasteiger charge is -2.41. The molecule has 1 atom stereocenters. The van der Waals surface area contributed by atoms with E-state index >= 15 is 0 Å². The largest absolute Gasteiger partial charge is 0.346 e. The Hall–Kier alpha value is -1.98. The highest BCUT2D eigenvalue weighted by Crippen LogP contribution is 2.42. The number of carbonyl (C=O) groups excluding carboxylic acids is 2. The monoisotopic (exact) mass is 302 g/mol. The normalized spacial score (nSPS) is 24.9. The van der Waals surface area contributed by atoms with Gasteiger partial charge in [0, 0.05) is 39.0 Å². The molecule has 1 unspecified atom stereocenters. The standard InChI is InChI=1S/C16H22N4O2/c1-19(2)15(22)16(13-11-17-8-9-18-13)7-4-10-20(16)14(21)12-5-3-6-12/h8-9,11-12H,3-7,10H2,1-2H3. The van der Waals surface area contributed by atoms with Gasteiger partial charge in [0.15, 0.2) is 5.54 Å². The zero-order chi connectivity index (χ0) is 15.7. The second-order valence-electron chi connectivity index (χ2n) is 6.37. The van der Waals surface area contributed by atoms with Crippen molar-refractivity contribution in [2.75, 3.05) is 20.6 Å². The van der Waals surface area contributed by atoms with Crippen molar-refractivity contribution in [3.63, 3.8) is 0 Å². The molecule has 1 aromatic heterocycles. The summed E-state index contributed by atoms with van der Waals surface area (Å²) >= 11 is 0. The maximum absolute atomic E-state index is 13.0. The summed E-state index contributed by atoms with van der Waals surface area (Å²) in [5.41, 5.74) is -0.399. The third kappa shape index (κ3) is 2.17. The number of rotatable bonds is 3. The summed E-state index contributed by atoms with van der Waals surface area (Å²) in [6.07, 6.45) is 9.19. The third-order valence-electron chi connectivity index (χ3n) is 4.85. The zero-order valence-corrected chi connectivity index (χ0v) is 13.2.